The van der Waals surface area contributed by atoms with Crippen molar-refractivity contribution in [3.05, 3.63) is 58.7 Å². The molecule has 0 aliphatic rings. The lowest BCUT2D eigenvalue weighted by Crippen LogP contribution is -2.30. The van der Waals surface area contributed by atoms with Crippen LogP contribution in [0, 0.1) is 0 Å². The van der Waals surface area contributed by atoms with Gasteiger partial charge < -0.3 is 16.4 Å². The van der Waals surface area contributed by atoms with Crippen LogP contribution in [0.5, 0.6) is 0 Å². The first-order valence-electron chi connectivity index (χ1n) is 8.84. The number of anilines is 1. The van der Waals surface area contributed by atoms with Crippen LogP contribution in [0.1, 0.15) is 22.5 Å². The lowest BCUT2D eigenvalue weighted by atomic mass is 10.2. The number of amides is 3. The second-order valence-corrected chi connectivity index (χ2v) is 6.79. The molecule has 0 saturated carbocycles. The number of nitrogens with two attached hydrogens (primary N) is 1. The monoisotopic (exact) mass is 439 g/mol. The summed E-state index contributed by atoms with van der Waals surface area (Å²) < 4.78 is 39.6. The minimum absolute atomic E-state index is 0.125. The molecule has 0 aliphatic heterocycles. The number of aryl methyl sites for hydroxylation is 1. The molecular weight excluding hydrogens is 423 g/mol. The zero-order valence-corrected chi connectivity index (χ0v) is 16.2. The van der Waals surface area contributed by atoms with E-state index in [-0.39, 0.29) is 17.9 Å². The maximum atomic E-state index is 12.7. The summed E-state index contributed by atoms with van der Waals surface area (Å²) in [5.41, 5.74) is 5.52. The Bertz CT molecular complexity index is 1100. The maximum absolute atomic E-state index is 12.7. The molecule has 3 amide bonds. The average molecular weight is 440 g/mol. The Morgan fingerprint density at radius 1 is 1.17 bits per heavy atom. The fraction of sp³-hybridized carbons (Fsp3) is 0.211. The summed E-state index contributed by atoms with van der Waals surface area (Å²) in [5, 5.41) is 9.46. The number of benzene rings is 2. The van der Waals surface area contributed by atoms with E-state index >= 15 is 0 Å². The number of hydrogen-bond donors (Lipinski definition) is 3. The fourth-order valence-electron chi connectivity index (χ4n) is 2.93. The Labute approximate surface area is 174 Å². The van der Waals surface area contributed by atoms with Gasteiger partial charge in [-0.1, -0.05) is 29.8 Å². The summed E-state index contributed by atoms with van der Waals surface area (Å²) in [6.07, 6.45) is -4.13. The Hall–Kier alpha value is -3.27. The number of primary amides is 1. The molecule has 2 aromatic carbocycles. The van der Waals surface area contributed by atoms with Gasteiger partial charge in [0.1, 0.15) is 5.69 Å². The molecule has 0 unspecified atom stereocenters. The summed E-state index contributed by atoms with van der Waals surface area (Å²) in [6, 6.07) is 9.42. The second kappa shape index (κ2) is 8.62. The van der Waals surface area contributed by atoms with Gasteiger partial charge in [0.05, 0.1) is 16.1 Å². The first-order chi connectivity index (χ1) is 14.2. The number of aromatic nitrogens is 2. The number of carbonyl (C=O) groups is 2. The lowest BCUT2D eigenvalue weighted by Gasteiger charge is -2.12. The molecule has 0 saturated heterocycles. The molecule has 3 aromatic rings. The molecular formula is C19H17ClF3N5O2. The highest BCUT2D eigenvalue weighted by molar-refractivity contribution is 6.31. The smallest absolute Gasteiger partial charge is 0.364 e. The van der Waals surface area contributed by atoms with Crippen LogP contribution in [0.2, 0.25) is 5.02 Å². The average Bonchev–Trinajstić information content (AvgIpc) is 3.02. The van der Waals surface area contributed by atoms with Crippen LogP contribution in [-0.2, 0) is 12.7 Å². The van der Waals surface area contributed by atoms with Gasteiger partial charge in [0.25, 0.3) is 5.91 Å². The number of urea groups is 1. The fourth-order valence-corrected chi connectivity index (χ4v) is 3.22. The minimum atomic E-state index is -4.57. The summed E-state index contributed by atoms with van der Waals surface area (Å²) in [6.45, 7) is 0.563. The van der Waals surface area contributed by atoms with Gasteiger partial charge >= 0.3 is 12.2 Å². The predicted molar refractivity (Wildman–Crippen MR) is 106 cm³/mol. The molecule has 0 fully saturated rings. The third kappa shape index (κ3) is 4.82. The van der Waals surface area contributed by atoms with E-state index in [0.717, 1.165) is 18.2 Å². The van der Waals surface area contributed by atoms with Gasteiger partial charge in [0, 0.05) is 24.2 Å². The molecule has 1 aromatic heterocycles. The minimum Gasteiger partial charge on any atom is -0.364 e. The number of nitrogens with one attached hydrogen (secondary N) is 2. The highest BCUT2D eigenvalue weighted by Gasteiger charge is 2.33. The standard InChI is InChI=1S/C19H17ClF3N5O2/c20-14-10-11(6-7-13(14)19(21,22)23)26-18(30)25-8-3-9-28-16(17(24)29)12-4-1-2-5-15(12)27-28/h1-2,4-7,10H,3,8-9H2,(H2,24,29)(H2,25,26,30). The Morgan fingerprint density at radius 2 is 1.90 bits per heavy atom. The molecule has 4 N–H and O–H groups in total. The highest BCUT2D eigenvalue weighted by Crippen LogP contribution is 2.35. The summed E-state index contributed by atoms with van der Waals surface area (Å²) in [7, 11) is 0. The van der Waals surface area contributed by atoms with Crippen LogP contribution in [-0.4, -0.2) is 28.3 Å². The zero-order chi connectivity index (χ0) is 21.9. The molecule has 0 atom stereocenters. The van der Waals surface area contributed by atoms with Crippen molar-refractivity contribution in [2.75, 3.05) is 11.9 Å². The first-order valence-corrected chi connectivity index (χ1v) is 9.21. The number of alkyl halides is 3. The third-order valence-electron chi connectivity index (χ3n) is 4.24. The van der Waals surface area contributed by atoms with E-state index in [2.05, 4.69) is 15.7 Å². The lowest BCUT2D eigenvalue weighted by molar-refractivity contribution is -0.137. The van der Waals surface area contributed by atoms with Gasteiger partial charge in [-0.15, -0.1) is 0 Å². The molecule has 11 heteroatoms. The van der Waals surface area contributed by atoms with E-state index < -0.39 is 28.7 Å². The first kappa shape index (κ1) is 21.4. The van der Waals surface area contributed by atoms with Crippen molar-refractivity contribution in [2.45, 2.75) is 19.1 Å². The molecule has 158 valence electrons. The molecule has 3 rings (SSSR count). The topological polar surface area (TPSA) is 102 Å². The number of nitrogens with zero attached hydrogens (tertiary/aromatic N) is 2. The van der Waals surface area contributed by atoms with E-state index in [1.165, 1.54) is 4.68 Å². The van der Waals surface area contributed by atoms with Gasteiger partial charge in [-0.25, -0.2) is 4.79 Å². The number of halogens is 4. The Morgan fingerprint density at radius 3 is 2.57 bits per heavy atom. The van der Waals surface area contributed by atoms with Crippen molar-refractivity contribution in [3.63, 3.8) is 0 Å². The summed E-state index contributed by atoms with van der Waals surface area (Å²) in [5.74, 6) is -0.603. The van der Waals surface area contributed by atoms with Crippen LogP contribution in [0.25, 0.3) is 10.9 Å². The van der Waals surface area contributed by atoms with Crippen molar-refractivity contribution in [2.24, 2.45) is 5.73 Å². The van der Waals surface area contributed by atoms with Crippen molar-refractivity contribution in [1.29, 1.82) is 0 Å². The number of rotatable bonds is 6. The van der Waals surface area contributed by atoms with Gasteiger partial charge in [0.15, 0.2) is 0 Å². The largest absolute Gasteiger partial charge is 0.417 e. The Kier molecular flexibility index (Phi) is 6.16. The van der Waals surface area contributed by atoms with Crippen LogP contribution in [0.15, 0.2) is 42.5 Å². The highest BCUT2D eigenvalue weighted by atomic mass is 35.5. The summed E-state index contributed by atoms with van der Waals surface area (Å²) in [4.78, 5) is 23.7. The van der Waals surface area contributed by atoms with Crippen molar-refractivity contribution in [1.82, 2.24) is 15.1 Å². The predicted octanol–water partition coefficient (Wildman–Crippen LogP) is 4.02. The molecule has 30 heavy (non-hydrogen) atoms. The van der Waals surface area contributed by atoms with Crippen LogP contribution < -0.4 is 16.4 Å². The Balaban J connectivity index is 1.55. The molecule has 7 nitrogen and oxygen atoms in total. The zero-order valence-electron chi connectivity index (χ0n) is 15.5. The van der Waals surface area contributed by atoms with E-state index in [4.69, 9.17) is 17.3 Å². The van der Waals surface area contributed by atoms with Crippen molar-refractivity contribution >= 4 is 40.1 Å². The molecule has 0 bridgehead atoms. The van der Waals surface area contributed by atoms with Crippen molar-refractivity contribution in [3.8, 4) is 0 Å². The van der Waals surface area contributed by atoms with Crippen LogP contribution >= 0.6 is 11.6 Å². The van der Waals surface area contributed by atoms with Gasteiger partial charge in [0.2, 0.25) is 0 Å². The second-order valence-electron chi connectivity index (χ2n) is 6.38. The van der Waals surface area contributed by atoms with Gasteiger partial charge in [-0.3, -0.25) is 9.48 Å². The number of hydrogen-bond acceptors (Lipinski definition) is 3. The molecule has 0 spiro atoms. The van der Waals surface area contributed by atoms with Crippen LogP contribution in [0.4, 0.5) is 23.7 Å². The molecule has 0 aliphatic carbocycles. The van der Waals surface area contributed by atoms with E-state index in [9.17, 15) is 22.8 Å². The maximum Gasteiger partial charge on any atom is 0.417 e. The molecule has 0 radical (unpaired) electrons. The number of carbonyl (C=O) groups excluding carboxylic acids is 2. The number of fused-ring (bicyclic) bond motifs is 1. The van der Waals surface area contributed by atoms with E-state index in [1.807, 2.05) is 0 Å². The SMILES string of the molecule is NC(=O)c1c2ccccc2nn1CCCNC(=O)Nc1ccc(C(F)(F)F)c(Cl)c1. The molecule has 1 heterocycles. The quantitative estimate of drug-likeness (QED) is 0.505. The summed E-state index contributed by atoms with van der Waals surface area (Å²) >= 11 is 5.63. The van der Waals surface area contributed by atoms with E-state index in [0.29, 0.717) is 23.9 Å². The van der Waals surface area contributed by atoms with Gasteiger partial charge in [-0.05, 0) is 30.7 Å². The van der Waals surface area contributed by atoms with Crippen molar-refractivity contribution < 1.29 is 22.8 Å². The normalized spacial score (nSPS) is 11.5. The van der Waals surface area contributed by atoms with Gasteiger partial charge in [-0.2, -0.15) is 18.3 Å². The van der Waals surface area contributed by atoms with E-state index in [1.54, 1.807) is 24.3 Å². The van der Waals surface area contributed by atoms with Crippen LogP contribution in [0.3, 0.4) is 0 Å². The third-order valence-corrected chi connectivity index (χ3v) is 4.56.